The van der Waals surface area contributed by atoms with Crippen LogP contribution >= 0.6 is 39.3 Å². The molecule has 0 aliphatic carbocycles. The van der Waals surface area contributed by atoms with E-state index >= 15 is 0 Å². The molecule has 0 saturated carbocycles. The Morgan fingerprint density at radius 3 is 2.27 bits per heavy atom. The first-order valence-corrected chi connectivity index (χ1v) is 10.2. The van der Waals surface area contributed by atoms with Crippen LogP contribution < -0.4 is 9.47 Å². The van der Waals surface area contributed by atoms with Gasteiger partial charge in [0, 0.05) is 10.9 Å². The van der Waals surface area contributed by atoms with E-state index in [0.29, 0.717) is 28.4 Å². The predicted octanol–water partition coefficient (Wildman–Crippen LogP) is 6.01. The largest absolute Gasteiger partial charge is 0.497 e. The molecule has 0 radical (unpaired) electrons. The minimum absolute atomic E-state index is 0.396. The maximum atomic E-state index is 6.44. The Hall–Kier alpha value is -1.76. The summed E-state index contributed by atoms with van der Waals surface area (Å²) in [7, 11) is 1.64. The van der Waals surface area contributed by atoms with Gasteiger partial charge in [0.05, 0.1) is 12.7 Å². The second kappa shape index (κ2) is 8.75. The molecule has 0 bridgehead atoms. The van der Waals surface area contributed by atoms with Crippen LogP contribution in [-0.4, -0.2) is 23.3 Å². The lowest BCUT2D eigenvalue weighted by molar-refractivity contribution is 0.414. The zero-order valence-electron chi connectivity index (χ0n) is 14.2. The number of nitrogens with zero attached hydrogens (tertiary/aromatic N) is 2. The van der Waals surface area contributed by atoms with Crippen molar-refractivity contribution in [2.24, 2.45) is 0 Å². The normalized spacial score (nSPS) is 10.6. The molecule has 0 N–H and O–H groups in total. The molecule has 0 amide bonds. The van der Waals surface area contributed by atoms with E-state index in [4.69, 9.17) is 21.1 Å². The molecule has 1 aromatic heterocycles. The molecule has 3 aromatic rings. The van der Waals surface area contributed by atoms with Gasteiger partial charge in [0.1, 0.15) is 16.7 Å². The van der Waals surface area contributed by atoms with Gasteiger partial charge in [-0.3, -0.25) is 0 Å². The molecule has 7 heteroatoms. The van der Waals surface area contributed by atoms with E-state index in [0.717, 1.165) is 21.3 Å². The van der Waals surface area contributed by atoms with Crippen LogP contribution in [0.2, 0.25) is 5.15 Å². The number of rotatable bonds is 6. The first kappa shape index (κ1) is 19.0. The van der Waals surface area contributed by atoms with E-state index in [1.165, 1.54) is 11.8 Å². The Labute approximate surface area is 170 Å². The number of ether oxygens (including phenoxy) is 2. The lowest BCUT2D eigenvalue weighted by Gasteiger charge is -2.13. The van der Waals surface area contributed by atoms with Crippen molar-refractivity contribution in [1.29, 1.82) is 0 Å². The van der Waals surface area contributed by atoms with Crippen LogP contribution in [0, 0.1) is 0 Å². The highest BCUT2D eigenvalue weighted by molar-refractivity contribution is 9.10. The van der Waals surface area contributed by atoms with Gasteiger partial charge in [0.15, 0.2) is 5.16 Å². The average molecular weight is 452 g/mol. The van der Waals surface area contributed by atoms with Crippen LogP contribution in [0.25, 0.3) is 0 Å². The smallest absolute Gasteiger partial charge is 0.228 e. The number of benzene rings is 2. The molecule has 0 aliphatic rings. The van der Waals surface area contributed by atoms with Gasteiger partial charge in [-0.05, 0) is 48.2 Å². The quantitative estimate of drug-likeness (QED) is 0.261. The molecule has 2 aromatic carbocycles. The highest BCUT2D eigenvalue weighted by Gasteiger charge is 2.16. The van der Waals surface area contributed by atoms with Gasteiger partial charge in [0.25, 0.3) is 0 Å². The predicted molar refractivity (Wildman–Crippen MR) is 109 cm³/mol. The summed E-state index contributed by atoms with van der Waals surface area (Å²) in [4.78, 5) is 8.85. The van der Waals surface area contributed by atoms with Crippen molar-refractivity contribution in [3.05, 3.63) is 69.3 Å². The molecule has 0 atom stereocenters. The molecule has 0 fully saturated rings. The summed E-state index contributed by atoms with van der Waals surface area (Å²) in [5.41, 5.74) is 1.81. The standard InChI is InChI=1S/C19H16BrClN2O2S/c1-24-14-7-3-12(4-8-14)11-16-17(21)22-19(26-2)23-18(16)25-15-9-5-13(20)6-10-15/h3-10H,11H2,1-2H3. The number of halogens is 2. The van der Waals surface area contributed by atoms with E-state index in [1.807, 2.05) is 54.8 Å². The van der Waals surface area contributed by atoms with Crippen molar-refractivity contribution in [2.75, 3.05) is 13.4 Å². The van der Waals surface area contributed by atoms with Gasteiger partial charge in [-0.2, -0.15) is 4.98 Å². The Balaban J connectivity index is 1.95. The molecule has 0 spiro atoms. The van der Waals surface area contributed by atoms with Crippen LogP contribution in [0.3, 0.4) is 0 Å². The summed E-state index contributed by atoms with van der Waals surface area (Å²) in [5, 5.41) is 0.966. The fourth-order valence-electron chi connectivity index (χ4n) is 2.31. The Kier molecular flexibility index (Phi) is 6.40. The van der Waals surface area contributed by atoms with Crippen molar-refractivity contribution < 1.29 is 9.47 Å². The second-order valence-electron chi connectivity index (χ2n) is 5.37. The highest BCUT2D eigenvalue weighted by atomic mass is 79.9. The lowest BCUT2D eigenvalue weighted by Crippen LogP contribution is -2.01. The van der Waals surface area contributed by atoms with E-state index in [1.54, 1.807) is 7.11 Å². The second-order valence-corrected chi connectivity index (χ2v) is 7.41. The Bertz CT molecular complexity index is 889. The van der Waals surface area contributed by atoms with Crippen molar-refractivity contribution in [3.8, 4) is 17.4 Å². The molecule has 26 heavy (non-hydrogen) atoms. The van der Waals surface area contributed by atoms with Crippen molar-refractivity contribution in [3.63, 3.8) is 0 Å². The summed E-state index contributed by atoms with van der Waals surface area (Å²) >= 11 is 11.3. The van der Waals surface area contributed by atoms with E-state index < -0.39 is 0 Å². The highest BCUT2D eigenvalue weighted by Crippen LogP contribution is 2.32. The fraction of sp³-hybridized carbons (Fsp3) is 0.158. The SMILES string of the molecule is COc1ccc(Cc2c(Cl)nc(SC)nc2Oc2ccc(Br)cc2)cc1. The summed E-state index contributed by atoms with van der Waals surface area (Å²) in [6, 6.07) is 15.4. The van der Waals surface area contributed by atoms with Gasteiger partial charge >= 0.3 is 0 Å². The number of thioether (sulfide) groups is 1. The first-order valence-electron chi connectivity index (χ1n) is 7.76. The van der Waals surface area contributed by atoms with Crippen LogP contribution in [0.4, 0.5) is 0 Å². The van der Waals surface area contributed by atoms with E-state index in [9.17, 15) is 0 Å². The molecule has 0 unspecified atom stereocenters. The van der Waals surface area contributed by atoms with Crippen molar-refractivity contribution >= 4 is 39.3 Å². The van der Waals surface area contributed by atoms with Gasteiger partial charge in [-0.1, -0.05) is 51.4 Å². The maximum absolute atomic E-state index is 6.44. The van der Waals surface area contributed by atoms with E-state index in [2.05, 4.69) is 25.9 Å². The molecule has 0 aliphatic heterocycles. The number of hydrogen-bond donors (Lipinski definition) is 0. The molecule has 134 valence electrons. The van der Waals surface area contributed by atoms with Gasteiger partial charge in [0.2, 0.25) is 5.88 Å². The van der Waals surface area contributed by atoms with Crippen LogP contribution in [-0.2, 0) is 6.42 Å². The topological polar surface area (TPSA) is 44.2 Å². The van der Waals surface area contributed by atoms with Crippen LogP contribution in [0.15, 0.2) is 58.2 Å². The van der Waals surface area contributed by atoms with Gasteiger partial charge < -0.3 is 9.47 Å². The van der Waals surface area contributed by atoms with E-state index in [-0.39, 0.29) is 0 Å². The third kappa shape index (κ3) is 4.69. The lowest BCUT2D eigenvalue weighted by atomic mass is 10.1. The van der Waals surface area contributed by atoms with Gasteiger partial charge in [-0.15, -0.1) is 0 Å². The number of methoxy groups -OCH3 is 1. The van der Waals surface area contributed by atoms with Crippen LogP contribution in [0.5, 0.6) is 17.4 Å². The zero-order chi connectivity index (χ0) is 18.5. The number of aromatic nitrogens is 2. The first-order chi connectivity index (χ1) is 12.6. The summed E-state index contributed by atoms with van der Waals surface area (Å²) in [6.45, 7) is 0. The zero-order valence-corrected chi connectivity index (χ0v) is 17.4. The summed E-state index contributed by atoms with van der Waals surface area (Å²) in [6.07, 6.45) is 2.46. The third-order valence-corrected chi connectivity index (χ3v) is 5.04. The Morgan fingerprint density at radius 1 is 1.00 bits per heavy atom. The van der Waals surface area contributed by atoms with Crippen LogP contribution in [0.1, 0.15) is 11.1 Å². The molecule has 4 nitrogen and oxygen atoms in total. The van der Waals surface area contributed by atoms with Gasteiger partial charge in [-0.25, -0.2) is 4.98 Å². The van der Waals surface area contributed by atoms with Crippen molar-refractivity contribution in [2.45, 2.75) is 11.6 Å². The number of hydrogen-bond acceptors (Lipinski definition) is 5. The summed E-state index contributed by atoms with van der Waals surface area (Å²) < 4.78 is 12.2. The summed E-state index contributed by atoms with van der Waals surface area (Å²) in [5.74, 6) is 1.96. The maximum Gasteiger partial charge on any atom is 0.228 e. The molecular formula is C19H16BrClN2O2S. The Morgan fingerprint density at radius 2 is 1.65 bits per heavy atom. The monoisotopic (exact) mass is 450 g/mol. The fourth-order valence-corrected chi connectivity index (χ4v) is 3.20. The minimum atomic E-state index is 0.396. The third-order valence-electron chi connectivity index (χ3n) is 3.65. The average Bonchev–Trinajstić information content (AvgIpc) is 2.66. The molecular weight excluding hydrogens is 436 g/mol. The molecule has 3 rings (SSSR count). The minimum Gasteiger partial charge on any atom is -0.497 e. The molecule has 1 heterocycles. The molecule has 0 saturated heterocycles. The van der Waals surface area contributed by atoms with Crippen molar-refractivity contribution in [1.82, 2.24) is 9.97 Å².